The Morgan fingerprint density at radius 3 is 2.43 bits per heavy atom. The summed E-state index contributed by atoms with van der Waals surface area (Å²) in [6, 6.07) is 10.7. The number of alkyl halides is 4. The number of aryl methyl sites for hydroxylation is 1. The lowest BCUT2D eigenvalue weighted by Crippen LogP contribution is -2.47. The second-order valence-electron chi connectivity index (χ2n) is 7.45. The van der Waals surface area contributed by atoms with Crippen molar-refractivity contribution < 1.29 is 22.7 Å². The molecule has 1 fully saturated rings. The van der Waals surface area contributed by atoms with Gasteiger partial charge in [-0.2, -0.15) is 13.2 Å². The molecule has 0 spiro atoms. The first-order chi connectivity index (χ1) is 14.3. The number of halogens is 5. The highest BCUT2D eigenvalue weighted by molar-refractivity contribution is 6.30. The predicted octanol–water partition coefficient (Wildman–Crippen LogP) is 5.12. The smallest absolute Gasteiger partial charge is 0.395 e. The highest BCUT2D eigenvalue weighted by atomic mass is 35.5. The number of hydrogen-bond acceptors (Lipinski definition) is 3. The largest absolute Gasteiger partial charge is 0.416 e. The van der Waals surface area contributed by atoms with Crippen LogP contribution in [0.4, 0.5) is 23.2 Å². The van der Waals surface area contributed by atoms with Gasteiger partial charge in [-0.3, -0.25) is 4.90 Å². The Balaban J connectivity index is 1.65. The van der Waals surface area contributed by atoms with E-state index < -0.39 is 17.9 Å². The van der Waals surface area contributed by atoms with Crippen LogP contribution in [0.15, 0.2) is 42.5 Å². The Hall–Kier alpha value is -1.83. The van der Waals surface area contributed by atoms with Gasteiger partial charge in [0.2, 0.25) is 0 Å². The first kappa shape index (κ1) is 22.8. The van der Waals surface area contributed by atoms with Gasteiger partial charge in [0.15, 0.2) is 0 Å². The van der Waals surface area contributed by atoms with Gasteiger partial charge in [0, 0.05) is 43.4 Å². The van der Waals surface area contributed by atoms with Crippen LogP contribution >= 0.6 is 11.6 Å². The van der Waals surface area contributed by atoms with E-state index in [1.54, 1.807) is 18.2 Å². The molecule has 164 valence electrons. The normalized spacial score (nSPS) is 16.7. The molecule has 3 nitrogen and oxygen atoms in total. The van der Waals surface area contributed by atoms with E-state index in [1.165, 1.54) is 12.1 Å². The van der Waals surface area contributed by atoms with Gasteiger partial charge in [-0.1, -0.05) is 29.8 Å². The zero-order valence-electron chi connectivity index (χ0n) is 16.5. The maximum atomic E-state index is 14.9. The zero-order chi connectivity index (χ0) is 21.7. The minimum Gasteiger partial charge on any atom is -0.395 e. The Morgan fingerprint density at radius 1 is 1.03 bits per heavy atom. The van der Waals surface area contributed by atoms with Crippen molar-refractivity contribution in [2.45, 2.75) is 25.2 Å². The highest BCUT2D eigenvalue weighted by Crippen LogP contribution is 2.35. The van der Waals surface area contributed by atoms with E-state index in [0.717, 1.165) is 37.9 Å². The molecule has 1 aliphatic heterocycles. The lowest BCUT2D eigenvalue weighted by molar-refractivity contribution is -0.138. The molecule has 1 heterocycles. The molecule has 8 heteroatoms. The van der Waals surface area contributed by atoms with Crippen molar-refractivity contribution in [1.29, 1.82) is 0 Å². The molecule has 0 saturated carbocycles. The molecule has 0 aromatic heterocycles. The minimum absolute atomic E-state index is 0.00894. The summed E-state index contributed by atoms with van der Waals surface area (Å²) in [6.45, 7) is 3.97. The number of nitrogens with zero attached hydrogens (tertiary/aromatic N) is 2. The third kappa shape index (κ3) is 5.86. The Kier molecular flexibility index (Phi) is 7.60. The predicted molar refractivity (Wildman–Crippen MR) is 111 cm³/mol. The van der Waals surface area contributed by atoms with Crippen LogP contribution in [-0.2, 0) is 12.6 Å². The van der Waals surface area contributed by atoms with Gasteiger partial charge in [-0.15, -0.1) is 0 Å². The van der Waals surface area contributed by atoms with Crippen molar-refractivity contribution in [2.24, 2.45) is 0 Å². The van der Waals surface area contributed by atoms with Crippen molar-refractivity contribution in [2.75, 3.05) is 44.2 Å². The fourth-order valence-electron chi connectivity index (χ4n) is 3.77. The van der Waals surface area contributed by atoms with Crippen LogP contribution in [0.5, 0.6) is 0 Å². The first-order valence-corrected chi connectivity index (χ1v) is 10.3. The minimum atomic E-state index is -4.52. The average molecular weight is 445 g/mol. The van der Waals surface area contributed by atoms with Gasteiger partial charge >= 0.3 is 6.18 Å². The number of aliphatic hydroxyl groups is 1. The van der Waals surface area contributed by atoms with Crippen LogP contribution in [0, 0.1) is 0 Å². The van der Waals surface area contributed by atoms with E-state index in [-0.39, 0.29) is 30.0 Å². The van der Waals surface area contributed by atoms with E-state index in [9.17, 15) is 17.6 Å². The van der Waals surface area contributed by atoms with Gasteiger partial charge in [0.25, 0.3) is 0 Å². The summed E-state index contributed by atoms with van der Waals surface area (Å²) in [5.41, 5.74) is 0.608. The molecule has 2 aromatic rings. The molecule has 0 aliphatic carbocycles. The number of anilines is 1. The van der Waals surface area contributed by atoms with Crippen LogP contribution in [0.1, 0.15) is 29.3 Å². The fourth-order valence-corrected chi connectivity index (χ4v) is 3.94. The quantitative estimate of drug-likeness (QED) is 0.601. The fraction of sp³-hybridized carbons (Fsp3) is 0.455. The summed E-state index contributed by atoms with van der Waals surface area (Å²) in [6.07, 6.45) is -5.96. The van der Waals surface area contributed by atoms with Crippen LogP contribution in [-0.4, -0.2) is 49.3 Å². The van der Waals surface area contributed by atoms with E-state index in [4.69, 9.17) is 16.7 Å². The second kappa shape index (κ2) is 9.98. The molecule has 1 unspecified atom stereocenters. The van der Waals surface area contributed by atoms with Crippen molar-refractivity contribution in [3.63, 3.8) is 0 Å². The van der Waals surface area contributed by atoms with Crippen molar-refractivity contribution in [3.8, 4) is 0 Å². The number of hydrogen-bond donors (Lipinski definition) is 1. The average Bonchev–Trinajstić information content (AvgIpc) is 2.73. The van der Waals surface area contributed by atoms with E-state index in [1.807, 2.05) is 6.07 Å². The lowest BCUT2D eigenvalue weighted by atomic mass is 9.98. The summed E-state index contributed by atoms with van der Waals surface area (Å²) < 4.78 is 54.6. The molecule has 0 bridgehead atoms. The summed E-state index contributed by atoms with van der Waals surface area (Å²) >= 11 is 5.71. The summed E-state index contributed by atoms with van der Waals surface area (Å²) in [4.78, 5) is 4.33. The summed E-state index contributed by atoms with van der Waals surface area (Å²) in [7, 11) is 0. The van der Waals surface area contributed by atoms with Gasteiger partial charge < -0.3 is 10.0 Å². The lowest BCUT2D eigenvalue weighted by Gasteiger charge is -2.36. The molecule has 30 heavy (non-hydrogen) atoms. The van der Waals surface area contributed by atoms with Crippen LogP contribution in [0.2, 0.25) is 5.02 Å². The maximum absolute atomic E-state index is 14.9. The Bertz CT molecular complexity index is 838. The van der Waals surface area contributed by atoms with Gasteiger partial charge in [0.1, 0.15) is 6.17 Å². The van der Waals surface area contributed by atoms with Crippen LogP contribution < -0.4 is 4.90 Å². The topological polar surface area (TPSA) is 26.7 Å². The monoisotopic (exact) mass is 444 g/mol. The zero-order valence-corrected chi connectivity index (χ0v) is 17.3. The molecule has 3 rings (SSSR count). The third-order valence-corrected chi connectivity index (χ3v) is 5.67. The number of rotatable bonds is 7. The maximum Gasteiger partial charge on any atom is 0.416 e. The number of benzene rings is 2. The van der Waals surface area contributed by atoms with Crippen molar-refractivity contribution in [3.05, 3.63) is 64.2 Å². The van der Waals surface area contributed by atoms with Crippen LogP contribution in [0.25, 0.3) is 0 Å². The molecule has 0 radical (unpaired) electrons. The third-order valence-electron chi connectivity index (χ3n) is 5.43. The summed E-state index contributed by atoms with van der Waals surface area (Å²) in [5, 5.41) is 9.05. The number of β-amino-alcohol motifs (C(OH)–C–C–N with tert-alkyl or cyclic N) is 1. The summed E-state index contributed by atoms with van der Waals surface area (Å²) in [5.74, 6) is 0. The van der Waals surface area contributed by atoms with Gasteiger partial charge in [-0.25, -0.2) is 4.39 Å². The SMILES string of the molecule is OCCN1CCN(c2cccc(C(F)CCc3ccc(Cl)cc3C(F)(F)F)c2)CC1. The van der Waals surface area contributed by atoms with Crippen molar-refractivity contribution in [1.82, 2.24) is 4.90 Å². The Labute approximate surface area is 178 Å². The molecule has 1 atom stereocenters. The molecule has 2 aromatic carbocycles. The second-order valence-corrected chi connectivity index (χ2v) is 7.89. The van der Waals surface area contributed by atoms with E-state index in [2.05, 4.69) is 9.80 Å². The number of aliphatic hydroxyl groups excluding tert-OH is 1. The Morgan fingerprint density at radius 2 is 1.77 bits per heavy atom. The van der Waals surface area contributed by atoms with E-state index in [0.29, 0.717) is 12.1 Å². The molecule has 1 aliphatic rings. The molecular formula is C22H25ClF4N2O. The van der Waals surface area contributed by atoms with E-state index >= 15 is 0 Å². The molecule has 1 N–H and O–H groups in total. The highest BCUT2D eigenvalue weighted by Gasteiger charge is 2.33. The number of piperazine rings is 1. The van der Waals surface area contributed by atoms with Crippen molar-refractivity contribution >= 4 is 17.3 Å². The molecule has 1 saturated heterocycles. The van der Waals surface area contributed by atoms with Gasteiger partial charge in [0.05, 0.1) is 12.2 Å². The van der Waals surface area contributed by atoms with Gasteiger partial charge in [-0.05, 0) is 48.2 Å². The molecule has 0 amide bonds. The van der Waals surface area contributed by atoms with Crippen LogP contribution in [0.3, 0.4) is 0 Å². The molecular weight excluding hydrogens is 420 g/mol. The standard InChI is InChI=1S/C22H25ClF4N2O/c23-18-6-4-16(20(15-18)22(25,26)27)5-7-21(24)17-2-1-3-19(14-17)29-10-8-28(9-11-29)12-13-30/h1-4,6,14-15,21,30H,5,7-13H2. The first-order valence-electron chi connectivity index (χ1n) is 9.95.